The van der Waals surface area contributed by atoms with Gasteiger partial charge < -0.3 is 10.6 Å². The van der Waals surface area contributed by atoms with Crippen LogP contribution in [0.15, 0.2) is 54.6 Å². The lowest BCUT2D eigenvalue weighted by Gasteiger charge is -2.17. The first-order chi connectivity index (χ1) is 8.72. The summed E-state index contributed by atoms with van der Waals surface area (Å²) in [4.78, 5) is 13.9. The van der Waals surface area contributed by atoms with E-state index in [1.165, 1.54) is 0 Å². The molecule has 2 aromatic carbocycles. The second-order valence-corrected chi connectivity index (χ2v) is 4.10. The van der Waals surface area contributed by atoms with Crippen molar-refractivity contribution in [2.75, 3.05) is 11.9 Å². The second-order valence-electron chi connectivity index (χ2n) is 4.10. The molecule has 3 heteroatoms. The molecular formula is C15H16N2O. The van der Waals surface area contributed by atoms with E-state index in [-0.39, 0.29) is 5.91 Å². The zero-order valence-electron chi connectivity index (χ0n) is 10.3. The molecule has 0 fully saturated rings. The van der Waals surface area contributed by atoms with Gasteiger partial charge in [0.15, 0.2) is 0 Å². The summed E-state index contributed by atoms with van der Waals surface area (Å²) in [6.45, 7) is 0.441. The van der Waals surface area contributed by atoms with E-state index in [4.69, 9.17) is 5.73 Å². The Hall–Kier alpha value is -2.13. The lowest BCUT2D eigenvalue weighted by atomic mass is 10.1. The molecule has 0 aliphatic rings. The number of benzene rings is 2. The van der Waals surface area contributed by atoms with Crippen LogP contribution in [0.3, 0.4) is 0 Å². The molecule has 92 valence electrons. The number of hydrogen-bond acceptors (Lipinski definition) is 2. The number of para-hydroxylation sites is 1. The fourth-order valence-electron chi connectivity index (χ4n) is 1.79. The first kappa shape index (κ1) is 12.3. The third kappa shape index (κ3) is 2.57. The lowest BCUT2D eigenvalue weighted by molar-refractivity contribution is 0.0993. The predicted octanol–water partition coefficient (Wildman–Crippen LogP) is 2.42. The first-order valence-corrected chi connectivity index (χ1v) is 5.84. The van der Waals surface area contributed by atoms with Crippen LogP contribution in [0.2, 0.25) is 0 Å². The third-order valence-corrected chi connectivity index (χ3v) is 2.86. The number of carbonyl (C=O) groups is 1. The van der Waals surface area contributed by atoms with Crippen LogP contribution < -0.4 is 10.6 Å². The van der Waals surface area contributed by atoms with Gasteiger partial charge in [-0.05, 0) is 29.8 Å². The van der Waals surface area contributed by atoms with Crippen LogP contribution in [0.5, 0.6) is 0 Å². The minimum atomic E-state index is -0.0310. The number of carbonyl (C=O) groups excluding carboxylic acids is 1. The standard InChI is InChI=1S/C15H16N2O/c1-17(14-8-3-2-4-9-14)15(18)13-7-5-6-12(10-13)11-16/h2-10H,11,16H2,1H3. The maximum atomic E-state index is 12.3. The van der Waals surface area contributed by atoms with E-state index < -0.39 is 0 Å². The normalized spacial score (nSPS) is 10.1. The largest absolute Gasteiger partial charge is 0.326 e. The van der Waals surface area contributed by atoms with Crippen molar-refractivity contribution < 1.29 is 4.79 Å². The van der Waals surface area contributed by atoms with Crippen molar-refractivity contribution in [3.05, 3.63) is 65.7 Å². The molecule has 2 aromatic rings. The van der Waals surface area contributed by atoms with Crippen LogP contribution in [0.4, 0.5) is 5.69 Å². The van der Waals surface area contributed by atoms with E-state index in [9.17, 15) is 4.79 Å². The van der Waals surface area contributed by atoms with Gasteiger partial charge in [0.05, 0.1) is 0 Å². The molecule has 0 saturated carbocycles. The molecule has 0 bridgehead atoms. The summed E-state index contributed by atoms with van der Waals surface area (Å²) in [5, 5.41) is 0. The van der Waals surface area contributed by atoms with E-state index >= 15 is 0 Å². The number of amides is 1. The second kappa shape index (κ2) is 5.47. The molecule has 1 amide bonds. The van der Waals surface area contributed by atoms with Crippen molar-refractivity contribution in [1.82, 2.24) is 0 Å². The Morgan fingerprint density at radius 2 is 1.83 bits per heavy atom. The molecule has 2 N–H and O–H groups in total. The van der Waals surface area contributed by atoms with E-state index in [2.05, 4.69) is 0 Å². The quantitative estimate of drug-likeness (QED) is 0.895. The van der Waals surface area contributed by atoms with Crippen molar-refractivity contribution in [1.29, 1.82) is 0 Å². The zero-order valence-corrected chi connectivity index (χ0v) is 10.3. The Morgan fingerprint density at radius 3 is 2.50 bits per heavy atom. The summed E-state index contributed by atoms with van der Waals surface area (Å²) in [5.74, 6) is -0.0310. The molecule has 0 aliphatic carbocycles. The van der Waals surface area contributed by atoms with Crippen molar-refractivity contribution in [3.8, 4) is 0 Å². The maximum absolute atomic E-state index is 12.3. The van der Waals surface area contributed by atoms with Crippen molar-refractivity contribution in [2.45, 2.75) is 6.54 Å². The molecule has 2 rings (SSSR count). The topological polar surface area (TPSA) is 46.3 Å². The van der Waals surface area contributed by atoms with Gasteiger partial charge in [-0.3, -0.25) is 4.79 Å². The average Bonchev–Trinajstić information content (AvgIpc) is 2.46. The van der Waals surface area contributed by atoms with Gasteiger partial charge in [-0.1, -0.05) is 30.3 Å². The number of nitrogens with two attached hydrogens (primary N) is 1. The highest BCUT2D eigenvalue weighted by Crippen LogP contribution is 2.15. The molecule has 0 aliphatic heterocycles. The lowest BCUT2D eigenvalue weighted by Crippen LogP contribution is -2.26. The van der Waals surface area contributed by atoms with Gasteiger partial charge in [-0.25, -0.2) is 0 Å². The van der Waals surface area contributed by atoms with Crippen LogP contribution in [-0.2, 0) is 6.54 Å². The number of nitrogens with zero attached hydrogens (tertiary/aromatic N) is 1. The predicted molar refractivity (Wildman–Crippen MR) is 73.5 cm³/mol. The van der Waals surface area contributed by atoms with Crippen LogP contribution in [0.1, 0.15) is 15.9 Å². The molecule has 0 radical (unpaired) electrons. The number of rotatable bonds is 3. The average molecular weight is 240 g/mol. The maximum Gasteiger partial charge on any atom is 0.258 e. The minimum absolute atomic E-state index is 0.0310. The summed E-state index contributed by atoms with van der Waals surface area (Å²) < 4.78 is 0. The number of hydrogen-bond donors (Lipinski definition) is 1. The summed E-state index contributed by atoms with van der Waals surface area (Å²) >= 11 is 0. The van der Waals surface area contributed by atoms with Crippen LogP contribution in [0, 0.1) is 0 Å². The summed E-state index contributed by atoms with van der Waals surface area (Å²) in [5.41, 5.74) is 8.07. The van der Waals surface area contributed by atoms with Gasteiger partial charge in [0.1, 0.15) is 0 Å². The van der Waals surface area contributed by atoms with Crippen molar-refractivity contribution in [3.63, 3.8) is 0 Å². The zero-order chi connectivity index (χ0) is 13.0. The highest BCUT2D eigenvalue weighted by Gasteiger charge is 2.13. The Bertz CT molecular complexity index is 537. The summed E-state index contributed by atoms with van der Waals surface area (Å²) in [6.07, 6.45) is 0. The third-order valence-electron chi connectivity index (χ3n) is 2.86. The fourth-order valence-corrected chi connectivity index (χ4v) is 1.79. The van der Waals surface area contributed by atoms with E-state index in [1.807, 2.05) is 48.5 Å². The van der Waals surface area contributed by atoms with Crippen LogP contribution in [-0.4, -0.2) is 13.0 Å². The van der Waals surface area contributed by atoms with Gasteiger partial charge in [-0.15, -0.1) is 0 Å². The Morgan fingerprint density at radius 1 is 1.11 bits per heavy atom. The first-order valence-electron chi connectivity index (χ1n) is 5.84. The van der Waals surface area contributed by atoms with Gasteiger partial charge >= 0.3 is 0 Å². The monoisotopic (exact) mass is 240 g/mol. The Kier molecular flexibility index (Phi) is 3.75. The van der Waals surface area contributed by atoms with Crippen molar-refractivity contribution >= 4 is 11.6 Å². The van der Waals surface area contributed by atoms with Gasteiger partial charge in [-0.2, -0.15) is 0 Å². The SMILES string of the molecule is CN(C(=O)c1cccc(CN)c1)c1ccccc1. The molecule has 0 spiro atoms. The molecule has 0 aromatic heterocycles. The fraction of sp³-hybridized carbons (Fsp3) is 0.133. The summed E-state index contributed by atoms with van der Waals surface area (Å²) in [7, 11) is 1.77. The highest BCUT2D eigenvalue weighted by atomic mass is 16.2. The molecular weight excluding hydrogens is 224 g/mol. The number of anilines is 1. The van der Waals surface area contributed by atoms with Gasteiger partial charge in [0.25, 0.3) is 5.91 Å². The molecule has 0 atom stereocenters. The van der Waals surface area contributed by atoms with E-state index in [1.54, 1.807) is 18.0 Å². The summed E-state index contributed by atoms with van der Waals surface area (Å²) in [6, 6.07) is 17.0. The highest BCUT2D eigenvalue weighted by molar-refractivity contribution is 6.05. The van der Waals surface area contributed by atoms with Crippen LogP contribution >= 0.6 is 0 Å². The van der Waals surface area contributed by atoms with Crippen LogP contribution in [0.25, 0.3) is 0 Å². The van der Waals surface area contributed by atoms with Gasteiger partial charge in [0.2, 0.25) is 0 Å². The minimum Gasteiger partial charge on any atom is -0.326 e. The molecule has 3 nitrogen and oxygen atoms in total. The molecule has 0 heterocycles. The smallest absolute Gasteiger partial charge is 0.258 e. The van der Waals surface area contributed by atoms with Crippen molar-refractivity contribution in [2.24, 2.45) is 5.73 Å². The van der Waals surface area contributed by atoms with E-state index in [0.717, 1.165) is 11.3 Å². The molecule has 0 saturated heterocycles. The van der Waals surface area contributed by atoms with Gasteiger partial charge in [0, 0.05) is 24.8 Å². The Balaban J connectivity index is 2.25. The van der Waals surface area contributed by atoms with E-state index in [0.29, 0.717) is 12.1 Å². The Labute approximate surface area is 107 Å². The molecule has 18 heavy (non-hydrogen) atoms. The molecule has 0 unspecified atom stereocenters.